The Balaban J connectivity index is 2.45. The molecule has 0 saturated heterocycles. The predicted octanol–water partition coefficient (Wildman–Crippen LogP) is 1.72. The molecule has 1 aliphatic heterocycles. The molecular formula is C13H16N2O. The topological polar surface area (TPSA) is 32.7 Å². The summed E-state index contributed by atoms with van der Waals surface area (Å²) >= 11 is 0. The van der Waals surface area contributed by atoms with E-state index in [9.17, 15) is 4.79 Å². The van der Waals surface area contributed by atoms with Gasteiger partial charge in [0.2, 0.25) is 0 Å². The normalized spacial score (nSPS) is 24.2. The van der Waals surface area contributed by atoms with E-state index in [1.54, 1.807) is 0 Å². The summed E-state index contributed by atoms with van der Waals surface area (Å²) in [5.74, 6) is 0. The minimum absolute atomic E-state index is 0.239. The number of benzene rings is 1. The number of hydrogen-bond donors (Lipinski definition) is 0. The molecule has 3 nitrogen and oxygen atoms in total. The van der Waals surface area contributed by atoms with E-state index in [1.807, 2.05) is 56.1 Å². The zero-order chi connectivity index (χ0) is 11.8. The fourth-order valence-corrected chi connectivity index (χ4v) is 1.96. The summed E-state index contributed by atoms with van der Waals surface area (Å²) < 4.78 is 0. The number of hydrogen-bond acceptors (Lipinski definition) is 3. The SMILES string of the molecule is CN1C(C=O)C(c2ccccc2)=NC1(C)C. The number of rotatable bonds is 2. The third kappa shape index (κ3) is 1.67. The molecule has 1 aromatic rings. The molecule has 0 saturated carbocycles. The van der Waals surface area contributed by atoms with Gasteiger partial charge >= 0.3 is 0 Å². The summed E-state index contributed by atoms with van der Waals surface area (Å²) in [5.41, 5.74) is 1.58. The molecular weight excluding hydrogens is 200 g/mol. The molecule has 3 heteroatoms. The molecule has 0 radical (unpaired) electrons. The van der Waals surface area contributed by atoms with Gasteiger partial charge in [-0.3, -0.25) is 9.89 Å². The van der Waals surface area contributed by atoms with Crippen LogP contribution in [0.1, 0.15) is 19.4 Å². The second kappa shape index (κ2) is 3.83. The van der Waals surface area contributed by atoms with Crippen molar-refractivity contribution in [2.75, 3.05) is 7.05 Å². The Morgan fingerprint density at radius 3 is 2.50 bits per heavy atom. The van der Waals surface area contributed by atoms with Crippen LogP contribution in [0.2, 0.25) is 0 Å². The number of aliphatic imine (C=N–C) groups is 1. The molecule has 1 aliphatic rings. The van der Waals surface area contributed by atoms with E-state index >= 15 is 0 Å². The Labute approximate surface area is 95.8 Å². The van der Waals surface area contributed by atoms with Crippen LogP contribution in [0, 0.1) is 0 Å². The third-order valence-corrected chi connectivity index (χ3v) is 3.15. The van der Waals surface area contributed by atoms with Crippen molar-refractivity contribution in [1.29, 1.82) is 0 Å². The van der Waals surface area contributed by atoms with Crippen LogP contribution >= 0.6 is 0 Å². The van der Waals surface area contributed by atoms with E-state index in [1.165, 1.54) is 0 Å². The molecule has 2 rings (SSSR count). The highest BCUT2D eigenvalue weighted by atomic mass is 16.1. The van der Waals surface area contributed by atoms with Gasteiger partial charge in [0.25, 0.3) is 0 Å². The lowest BCUT2D eigenvalue weighted by molar-refractivity contribution is -0.110. The Kier molecular flexibility index (Phi) is 2.64. The van der Waals surface area contributed by atoms with Gasteiger partial charge in [0.15, 0.2) is 0 Å². The molecule has 1 heterocycles. The monoisotopic (exact) mass is 216 g/mol. The highest BCUT2D eigenvalue weighted by Crippen LogP contribution is 2.27. The molecule has 0 aromatic heterocycles. The van der Waals surface area contributed by atoms with Gasteiger partial charge in [0.05, 0.1) is 5.71 Å². The van der Waals surface area contributed by atoms with Crippen molar-refractivity contribution < 1.29 is 4.79 Å². The van der Waals surface area contributed by atoms with Crippen LogP contribution in [0.25, 0.3) is 0 Å². The maximum atomic E-state index is 11.2. The molecule has 0 bridgehead atoms. The molecule has 84 valence electrons. The van der Waals surface area contributed by atoms with Gasteiger partial charge in [-0.05, 0) is 26.5 Å². The minimum Gasteiger partial charge on any atom is -0.301 e. The summed E-state index contributed by atoms with van der Waals surface area (Å²) in [4.78, 5) is 17.8. The van der Waals surface area contributed by atoms with Crippen LogP contribution in [0.3, 0.4) is 0 Å². The lowest BCUT2D eigenvalue weighted by Crippen LogP contribution is -2.43. The van der Waals surface area contributed by atoms with Gasteiger partial charge in [-0.2, -0.15) is 0 Å². The zero-order valence-corrected chi connectivity index (χ0v) is 9.84. The standard InChI is InChI=1S/C13H16N2O/c1-13(2)14-12(11(9-16)15(13)3)10-7-5-4-6-8-10/h4-9,11H,1-3H3. The molecule has 0 N–H and O–H groups in total. The van der Waals surface area contributed by atoms with Crippen LogP contribution < -0.4 is 0 Å². The summed E-state index contributed by atoms with van der Waals surface area (Å²) in [6, 6.07) is 9.63. The van der Waals surface area contributed by atoms with Crippen molar-refractivity contribution in [2.24, 2.45) is 4.99 Å². The van der Waals surface area contributed by atoms with Crippen molar-refractivity contribution >= 4 is 12.0 Å². The highest BCUT2D eigenvalue weighted by Gasteiger charge is 2.39. The van der Waals surface area contributed by atoms with Crippen molar-refractivity contribution in [1.82, 2.24) is 4.90 Å². The molecule has 0 fully saturated rings. The Morgan fingerprint density at radius 1 is 1.31 bits per heavy atom. The Hall–Kier alpha value is -1.48. The molecule has 16 heavy (non-hydrogen) atoms. The minimum atomic E-state index is -0.309. The van der Waals surface area contributed by atoms with Crippen molar-refractivity contribution in [3.63, 3.8) is 0 Å². The number of likely N-dealkylation sites (N-methyl/N-ethyl adjacent to an activating group) is 1. The Bertz CT molecular complexity index is 423. The molecule has 1 unspecified atom stereocenters. The van der Waals surface area contributed by atoms with E-state index < -0.39 is 0 Å². The maximum absolute atomic E-state index is 11.2. The first-order valence-electron chi connectivity index (χ1n) is 5.39. The van der Waals surface area contributed by atoms with Crippen LogP contribution in [-0.4, -0.2) is 35.7 Å². The average Bonchev–Trinajstić information content (AvgIpc) is 2.52. The van der Waals surface area contributed by atoms with Crippen LogP contribution in [0.4, 0.5) is 0 Å². The van der Waals surface area contributed by atoms with E-state index in [2.05, 4.69) is 4.99 Å². The van der Waals surface area contributed by atoms with Crippen LogP contribution in [0.5, 0.6) is 0 Å². The quantitative estimate of drug-likeness (QED) is 0.705. The highest BCUT2D eigenvalue weighted by molar-refractivity contribution is 6.13. The van der Waals surface area contributed by atoms with E-state index in [0.29, 0.717) is 0 Å². The molecule has 1 aromatic carbocycles. The predicted molar refractivity (Wildman–Crippen MR) is 64.7 cm³/mol. The van der Waals surface area contributed by atoms with Gasteiger partial charge in [0.1, 0.15) is 18.0 Å². The van der Waals surface area contributed by atoms with Crippen molar-refractivity contribution in [3.05, 3.63) is 35.9 Å². The first-order chi connectivity index (χ1) is 7.56. The number of aldehydes is 1. The summed E-state index contributed by atoms with van der Waals surface area (Å²) in [6.45, 7) is 4.03. The largest absolute Gasteiger partial charge is 0.301 e. The van der Waals surface area contributed by atoms with Crippen molar-refractivity contribution in [2.45, 2.75) is 25.6 Å². The summed E-state index contributed by atoms with van der Waals surface area (Å²) in [7, 11) is 1.93. The molecule has 0 aliphatic carbocycles. The van der Waals surface area contributed by atoms with Crippen LogP contribution in [-0.2, 0) is 4.79 Å². The van der Waals surface area contributed by atoms with Crippen LogP contribution in [0.15, 0.2) is 35.3 Å². The number of nitrogens with zero attached hydrogens (tertiary/aromatic N) is 2. The van der Waals surface area contributed by atoms with Gasteiger partial charge < -0.3 is 4.79 Å². The summed E-state index contributed by atoms with van der Waals surface area (Å²) in [5, 5.41) is 0. The van der Waals surface area contributed by atoms with Crippen molar-refractivity contribution in [3.8, 4) is 0 Å². The smallest absolute Gasteiger partial charge is 0.143 e. The fourth-order valence-electron chi connectivity index (χ4n) is 1.96. The lowest BCUT2D eigenvalue weighted by atomic mass is 10.0. The van der Waals surface area contributed by atoms with Gasteiger partial charge in [-0.15, -0.1) is 0 Å². The van der Waals surface area contributed by atoms with E-state index in [0.717, 1.165) is 17.6 Å². The second-order valence-electron chi connectivity index (χ2n) is 4.55. The zero-order valence-electron chi connectivity index (χ0n) is 9.84. The molecule has 1 atom stereocenters. The maximum Gasteiger partial charge on any atom is 0.143 e. The number of carbonyl (C=O) groups excluding carboxylic acids is 1. The Morgan fingerprint density at radius 2 is 1.94 bits per heavy atom. The van der Waals surface area contributed by atoms with Gasteiger partial charge in [-0.25, -0.2) is 0 Å². The molecule has 0 amide bonds. The summed E-state index contributed by atoms with van der Waals surface area (Å²) in [6.07, 6.45) is 0.959. The lowest BCUT2D eigenvalue weighted by Gasteiger charge is -2.27. The van der Waals surface area contributed by atoms with Gasteiger partial charge in [0, 0.05) is 0 Å². The van der Waals surface area contributed by atoms with Gasteiger partial charge in [-0.1, -0.05) is 30.3 Å². The average molecular weight is 216 g/mol. The number of carbonyl (C=O) groups is 1. The van der Waals surface area contributed by atoms with E-state index in [4.69, 9.17) is 0 Å². The second-order valence-corrected chi connectivity index (χ2v) is 4.55. The fraction of sp³-hybridized carbons (Fsp3) is 0.385. The van der Waals surface area contributed by atoms with E-state index in [-0.39, 0.29) is 11.7 Å². The first kappa shape index (κ1) is 11.0. The molecule has 0 spiro atoms. The third-order valence-electron chi connectivity index (χ3n) is 3.15. The first-order valence-corrected chi connectivity index (χ1v) is 5.39.